The summed E-state index contributed by atoms with van der Waals surface area (Å²) in [6.45, 7) is 10.7. The first-order valence-corrected chi connectivity index (χ1v) is 10.9. The molecule has 28 heavy (non-hydrogen) atoms. The molecule has 0 radical (unpaired) electrons. The molecule has 0 bridgehead atoms. The molecule has 0 spiro atoms. The normalized spacial score (nSPS) is 16.6. The molecule has 1 aliphatic heterocycles. The highest BCUT2D eigenvalue weighted by Gasteiger charge is 2.27. The number of hydrogen-bond donors (Lipinski definition) is 0. The zero-order valence-electron chi connectivity index (χ0n) is 17.1. The van der Waals surface area contributed by atoms with E-state index in [0.29, 0.717) is 34.9 Å². The number of benzene rings is 1. The highest BCUT2D eigenvalue weighted by atomic mass is 32.2. The summed E-state index contributed by atoms with van der Waals surface area (Å²) in [5.41, 5.74) is 0.437. The summed E-state index contributed by atoms with van der Waals surface area (Å²) in [5, 5.41) is 8.98. The van der Waals surface area contributed by atoms with Crippen LogP contribution in [0, 0.1) is 17.7 Å². The van der Waals surface area contributed by atoms with Crippen molar-refractivity contribution < 1.29 is 9.18 Å². The van der Waals surface area contributed by atoms with Gasteiger partial charge in [0.25, 0.3) is 0 Å². The molecule has 1 aromatic carbocycles. The van der Waals surface area contributed by atoms with Crippen molar-refractivity contribution in [3.8, 4) is 11.4 Å². The van der Waals surface area contributed by atoms with Crippen LogP contribution in [-0.4, -0.2) is 43.9 Å². The van der Waals surface area contributed by atoms with E-state index in [1.165, 1.54) is 17.8 Å². The minimum atomic E-state index is -0.317. The van der Waals surface area contributed by atoms with Gasteiger partial charge in [0.05, 0.1) is 10.8 Å². The lowest BCUT2D eigenvalue weighted by molar-refractivity contribution is -0.131. The summed E-state index contributed by atoms with van der Waals surface area (Å²) >= 11 is 1.41. The molecule has 3 rings (SSSR count). The number of thioether (sulfide) groups is 1. The van der Waals surface area contributed by atoms with E-state index in [-0.39, 0.29) is 17.0 Å². The van der Waals surface area contributed by atoms with E-state index in [2.05, 4.69) is 31.0 Å². The third-order valence-corrected chi connectivity index (χ3v) is 6.17. The van der Waals surface area contributed by atoms with E-state index in [4.69, 9.17) is 0 Å². The maximum absolute atomic E-state index is 14.3. The Bertz CT molecular complexity index is 814. The van der Waals surface area contributed by atoms with Crippen molar-refractivity contribution in [1.29, 1.82) is 0 Å². The lowest BCUT2D eigenvalue weighted by Crippen LogP contribution is -2.41. The SMILES string of the molecule is CC(C)Cn1c(S[C@H](C)C(=O)N2CCC(C)CC2)nnc1-c1ccccc1F. The minimum absolute atomic E-state index is 0.142. The highest BCUT2D eigenvalue weighted by molar-refractivity contribution is 8.00. The monoisotopic (exact) mass is 404 g/mol. The zero-order chi connectivity index (χ0) is 20.3. The second-order valence-electron chi connectivity index (χ2n) is 8.06. The molecule has 1 amide bonds. The van der Waals surface area contributed by atoms with Crippen molar-refractivity contribution in [2.45, 2.75) is 57.5 Å². The van der Waals surface area contributed by atoms with Crippen LogP contribution in [0.4, 0.5) is 4.39 Å². The predicted octanol–water partition coefficient (Wildman–Crippen LogP) is 4.48. The van der Waals surface area contributed by atoms with E-state index in [1.54, 1.807) is 18.2 Å². The fourth-order valence-corrected chi connectivity index (χ4v) is 4.38. The fourth-order valence-electron chi connectivity index (χ4n) is 3.44. The maximum atomic E-state index is 14.3. The molecule has 0 aliphatic carbocycles. The van der Waals surface area contributed by atoms with Gasteiger partial charge in [0, 0.05) is 19.6 Å². The molecule has 2 heterocycles. The third kappa shape index (κ3) is 4.74. The highest BCUT2D eigenvalue weighted by Crippen LogP contribution is 2.30. The third-order valence-electron chi connectivity index (χ3n) is 5.10. The molecule has 152 valence electrons. The molecule has 1 saturated heterocycles. The number of carbonyl (C=O) groups is 1. The van der Waals surface area contributed by atoms with E-state index >= 15 is 0 Å². The van der Waals surface area contributed by atoms with Gasteiger partial charge in [-0.05, 0) is 43.7 Å². The topological polar surface area (TPSA) is 51.0 Å². The van der Waals surface area contributed by atoms with Crippen molar-refractivity contribution in [3.63, 3.8) is 0 Å². The molecule has 5 nitrogen and oxygen atoms in total. The van der Waals surface area contributed by atoms with Crippen molar-refractivity contribution in [1.82, 2.24) is 19.7 Å². The zero-order valence-corrected chi connectivity index (χ0v) is 17.9. The van der Waals surface area contributed by atoms with Crippen LogP contribution in [0.3, 0.4) is 0 Å². The average Bonchev–Trinajstić information content (AvgIpc) is 3.03. The molecule has 1 fully saturated rings. The summed E-state index contributed by atoms with van der Waals surface area (Å²) in [6.07, 6.45) is 2.12. The van der Waals surface area contributed by atoms with E-state index in [0.717, 1.165) is 25.9 Å². The minimum Gasteiger partial charge on any atom is -0.342 e. The first-order valence-electron chi connectivity index (χ1n) is 10.00. The average molecular weight is 405 g/mol. The van der Waals surface area contributed by atoms with Gasteiger partial charge < -0.3 is 9.47 Å². The Balaban J connectivity index is 1.81. The Labute approximate surface area is 170 Å². The van der Waals surface area contributed by atoms with Crippen molar-refractivity contribution in [3.05, 3.63) is 30.1 Å². The van der Waals surface area contributed by atoms with Crippen LogP contribution in [0.25, 0.3) is 11.4 Å². The predicted molar refractivity (Wildman–Crippen MR) is 111 cm³/mol. The number of likely N-dealkylation sites (tertiary alicyclic amines) is 1. The van der Waals surface area contributed by atoms with Crippen LogP contribution in [0.5, 0.6) is 0 Å². The van der Waals surface area contributed by atoms with Gasteiger partial charge in [-0.25, -0.2) is 4.39 Å². The largest absolute Gasteiger partial charge is 0.342 e. The van der Waals surface area contributed by atoms with Gasteiger partial charge in [-0.3, -0.25) is 4.79 Å². The van der Waals surface area contributed by atoms with Gasteiger partial charge in [0.1, 0.15) is 5.82 Å². The molecular formula is C21H29FN4OS. The first-order chi connectivity index (χ1) is 13.4. The molecule has 2 aromatic rings. The molecule has 7 heteroatoms. The molecule has 0 unspecified atom stereocenters. The summed E-state index contributed by atoms with van der Waals surface area (Å²) in [6, 6.07) is 6.61. The quantitative estimate of drug-likeness (QED) is 0.666. The Kier molecular flexibility index (Phi) is 6.75. The molecule has 1 atom stereocenters. The van der Waals surface area contributed by atoms with Crippen molar-refractivity contribution >= 4 is 17.7 Å². The van der Waals surface area contributed by atoms with Crippen LogP contribution in [-0.2, 0) is 11.3 Å². The van der Waals surface area contributed by atoms with E-state index < -0.39 is 0 Å². The molecule has 0 saturated carbocycles. The van der Waals surface area contributed by atoms with Gasteiger partial charge in [-0.15, -0.1) is 10.2 Å². The lowest BCUT2D eigenvalue weighted by Gasteiger charge is -2.32. The Morgan fingerprint density at radius 3 is 2.54 bits per heavy atom. The summed E-state index contributed by atoms with van der Waals surface area (Å²) in [7, 11) is 0. The number of piperidine rings is 1. The van der Waals surface area contributed by atoms with Gasteiger partial charge in [0.15, 0.2) is 11.0 Å². The number of carbonyl (C=O) groups excluding carboxylic acids is 1. The number of aromatic nitrogens is 3. The standard InChI is InChI=1S/C21H29FN4OS/c1-14(2)13-26-19(17-7-5-6-8-18(17)22)23-24-21(26)28-16(4)20(27)25-11-9-15(3)10-12-25/h5-8,14-16H,9-13H2,1-4H3/t16-/m1/s1. The van der Waals surface area contributed by atoms with Gasteiger partial charge in [-0.2, -0.15) is 0 Å². The van der Waals surface area contributed by atoms with Crippen LogP contribution >= 0.6 is 11.8 Å². The summed E-state index contributed by atoms with van der Waals surface area (Å²) in [4.78, 5) is 14.8. The van der Waals surface area contributed by atoms with E-state index in [1.807, 2.05) is 16.4 Å². The van der Waals surface area contributed by atoms with Crippen molar-refractivity contribution in [2.75, 3.05) is 13.1 Å². The number of hydrogen-bond acceptors (Lipinski definition) is 4. The van der Waals surface area contributed by atoms with Crippen LogP contribution < -0.4 is 0 Å². The summed E-state index contributed by atoms with van der Waals surface area (Å²) in [5.74, 6) is 1.37. The second kappa shape index (κ2) is 9.07. The van der Waals surface area contributed by atoms with Crippen molar-refractivity contribution in [2.24, 2.45) is 11.8 Å². The Morgan fingerprint density at radius 2 is 1.89 bits per heavy atom. The maximum Gasteiger partial charge on any atom is 0.235 e. The molecule has 1 aromatic heterocycles. The number of amides is 1. The smallest absolute Gasteiger partial charge is 0.235 e. The first kappa shape index (κ1) is 20.8. The van der Waals surface area contributed by atoms with E-state index in [9.17, 15) is 9.18 Å². The van der Waals surface area contributed by atoms with Crippen LogP contribution in [0.1, 0.15) is 40.5 Å². The number of nitrogens with zero attached hydrogens (tertiary/aromatic N) is 4. The lowest BCUT2D eigenvalue weighted by atomic mass is 9.99. The van der Waals surface area contributed by atoms with Gasteiger partial charge in [0.2, 0.25) is 5.91 Å². The summed E-state index contributed by atoms with van der Waals surface area (Å²) < 4.78 is 16.3. The molecule has 1 aliphatic rings. The molecule has 0 N–H and O–H groups in total. The number of halogens is 1. The van der Waals surface area contributed by atoms with Crippen LogP contribution in [0.2, 0.25) is 0 Å². The Hall–Kier alpha value is -1.89. The Morgan fingerprint density at radius 1 is 1.21 bits per heavy atom. The second-order valence-corrected chi connectivity index (χ2v) is 9.37. The van der Waals surface area contributed by atoms with Gasteiger partial charge in [-0.1, -0.05) is 44.7 Å². The number of rotatable bonds is 6. The van der Waals surface area contributed by atoms with Gasteiger partial charge >= 0.3 is 0 Å². The van der Waals surface area contributed by atoms with Crippen LogP contribution in [0.15, 0.2) is 29.4 Å². The molecular weight excluding hydrogens is 375 g/mol. The fraction of sp³-hybridized carbons (Fsp3) is 0.571.